The zero-order chi connectivity index (χ0) is 23.0. The Hall–Kier alpha value is -3.31. The van der Waals surface area contributed by atoms with Crippen molar-refractivity contribution in [3.05, 3.63) is 119 Å². The van der Waals surface area contributed by atoms with E-state index in [2.05, 4.69) is 41.7 Å². The van der Waals surface area contributed by atoms with Crippen molar-refractivity contribution in [3.63, 3.8) is 0 Å². The summed E-state index contributed by atoms with van der Waals surface area (Å²) in [6.07, 6.45) is 1.42. The van der Waals surface area contributed by atoms with Crippen molar-refractivity contribution in [3.8, 4) is 0 Å². The predicted molar refractivity (Wildman–Crippen MR) is 131 cm³/mol. The van der Waals surface area contributed by atoms with E-state index in [0.29, 0.717) is 0 Å². The first-order valence-corrected chi connectivity index (χ1v) is 11.4. The SMILES string of the molecule is CC(C)=CC(=O)N[C@@H](CSC(c1ccccc1)(c1ccccc1)c1ccccc1)C(=O)O. The first-order valence-electron chi connectivity index (χ1n) is 10.4. The number of amides is 1. The summed E-state index contributed by atoms with van der Waals surface area (Å²) in [5, 5.41) is 12.5. The lowest BCUT2D eigenvalue weighted by atomic mass is 9.84. The van der Waals surface area contributed by atoms with Crippen LogP contribution >= 0.6 is 11.8 Å². The number of benzene rings is 3. The number of hydrogen-bond acceptors (Lipinski definition) is 3. The van der Waals surface area contributed by atoms with Gasteiger partial charge in [0.25, 0.3) is 0 Å². The molecule has 0 bridgehead atoms. The molecule has 0 unspecified atom stereocenters. The minimum absolute atomic E-state index is 0.191. The van der Waals surface area contributed by atoms with Crippen LogP contribution in [0.3, 0.4) is 0 Å². The van der Waals surface area contributed by atoms with Crippen molar-refractivity contribution < 1.29 is 14.7 Å². The van der Waals surface area contributed by atoms with E-state index in [1.807, 2.05) is 54.6 Å². The van der Waals surface area contributed by atoms with Gasteiger partial charge in [-0.2, -0.15) is 0 Å². The molecule has 5 heteroatoms. The molecule has 0 aliphatic rings. The number of carbonyl (C=O) groups excluding carboxylic acids is 1. The maximum atomic E-state index is 12.2. The molecule has 3 rings (SSSR count). The summed E-state index contributed by atoms with van der Waals surface area (Å²) in [5.41, 5.74) is 3.94. The maximum Gasteiger partial charge on any atom is 0.327 e. The lowest BCUT2D eigenvalue weighted by Gasteiger charge is -2.36. The van der Waals surface area contributed by atoms with E-state index in [9.17, 15) is 14.7 Å². The Balaban J connectivity index is 2.07. The molecule has 0 spiro atoms. The van der Waals surface area contributed by atoms with Crippen LogP contribution in [0.1, 0.15) is 30.5 Å². The maximum absolute atomic E-state index is 12.2. The second-order valence-electron chi connectivity index (χ2n) is 7.71. The van der Waals surface area contributed by atoms with Gasteiger partial charge in [0.2, 0.25) is 5.91 Å². The third-order valence-electron chi connectivity index (χ3n) is 5.04. The second-order valence-corrected chi connectivity index (χ2v) is 8.95. The quantitative estimate of drug-likeness (QED) is 0.349. The number of carbonyl (C=O) groups is 2. The lowest BCUT2D eigenvalue weighted by Crippen LogP contribution is -2.43. The van der Waals surface area contributed by atoms with Gasteiger partial charge in [0, 0.05) is 11.8 Å². The van der Waals surface area contributed by atoms with Gasteiger partial charge in [0.05, 0.1) is 4.75 Å². The molecule has 2 N–H and O–H groups in total. The van der Waals surface area contributed by atoms with Crippen molar-refractivity contribution in [2.75, 3.05) is 5.75 Å². The fourth-order valence-electron chi connectivity index (χ4n) is 3.63. The van der Waals surface area contributed by atoms with Gasteiger partial charge in [-0.15, -0.1) is 11.8 Å². The summed E-state index contributed by atoms with van der Waals surface area (Å²) in [6, 6.07) is 29.2. The van der Waals surface area contributed by atoms with E-state index in [-0.39, 0.29) is 5.75 Å². The summed E-state index contributed by atoms with van der Waals surface area (Å²) in [5.74, 6) is -1.27. The number of carboxylic acid groups (broad SMARTS) is 1. The zero-order valence-corrected chi connectivity index (χ0v) is 19.0. The number of hydrogen-bond donors (Lipinski definition) is 2. The van der Waals surface area contributed by atoms with Gasteiger partial charge in [0.15, 0.2) is 0 Å². The van der Waals surface area contributed by atoms with Crippen molar-refractivity contribution in [2.24, 2.45) is 0 Å². The van der Waals surface area contributed by atoms with Crippen LogP contribution in [0.25, 0.3) is 0 Å². The number of thioether (sulfide) groups is 1. The average molecular weight is 446 g/mol. The van der Waals surface area contributed by atoms with Crippen LogP contribution in [0.2, 0.25) is 0 Å². The Labute approximate surface area is 193 Å². The largest absolute Gasteiger partial charge is 0.480 e. The van der Waals surface area contributed by atoms with Gasteiger partial charge >= 0.3 is 5.97 Å². The Morgan fingerprint density at radius 3 is 1.59 bits per heavy atom. The standard InChI is InChI=1S/C27H27NO3S/c1-20(2)18-25(29)28-24(26(30)31)19-32-27(21-12-6-3-7-13-21,22-14-8-4-9-15-22)23-16-10-5-11-17-23/h3-18,24H,19H2,1-2H3,(H,28,29)(H,30,31)/t24-/m0/s1. The molecule has 3 aromatic rings. The molecular formula is C27H27NO3S. The first-order chi connectivity index (χ1) is 15.4. The van der Waals surface area contributed by atoms with E-state index in [1.165, 1.54) is 17.8 Å². The summed E-state index contributed by atoms with van der Waals surface area (Å²) < 4.78 is -0.640. The Morgan fingerprint density at radius 2 is 1.25 bits per heavy atom. The van der Waals surface area contributed by atoms with Crippen molar-refractivity contribution in [1.82, 2.24) is 5.32 Å². The van der Waals surface area contributed by atoms with Crippen molar-refractivity contribution in [1.29, 1.82) is 0 Å². The molecule has 0 saturated heterocycles. The van der Waals surface area contributed by atoms with Crippen molar-refractivity contribution in [2.45, 2.75) is 24.6 Å². The number of nitrogens with one attached hydrogen (secondary N) is 1. The minimum atomic E-state index is -1.06. The molecule has 1 atom stereocenters. The normalized spacial score (nSPS) is 11.9. The molecule has 1 amide bonds. The molecule has 0 saturated carbocycles. The molecule has 0 heterocycles. The summed E-state index contributed by atoms with van der Waals surface area (Å²) in [7, 11) is 0. The van der Waals surface area contributed by atoms with E-state index < -0.39 is 22.7 Å². The van der Waals surface area contributed by atoms with E-state index in [1.54, 1.807) is 13.8 Å². The fourth-order valence-corrected chi connectivity index (χ4v) is 5.18. The molecule has 0 aliphatic carbocycles. The zero-order valence-electron chi connectivity index (χ0n) is 18.2. The average Bonchev–Trinajstić information content (AvgIpc) is 2.80. The van der Waals surface area contributed by atoms with Crippen LogP contribution in [0.4, 0.5) is 0 Å². The van der Waals surface area contributed by atoms with Crippen LogP contribution in [0.15, 0.2) is 103 Å². The highest BCUT2D eigenvalue weighted by Gasteiger charge is 2.38. The second kappa shape index (κ2) is 10.8. The van der Waals surface area contributed by atoms with E-state index >= 15 is 0 Å². The highest BCUT2D eigenvalue weighted by molar-refractivity contribution is 8.00. The van der Waals surface area contributed by atoms with Gasteiger partial charge in [-0.25, -0.2) is 4.79 Å². The van der Waals surface area contributed by atoms with Crippen LogP contribution in [0, 0.1) is 0 Å². The Kier molecular flexibility index (Phi) is 7.90. The Bertz CT molecular complexity index is 965. The molecular weight excluding hydrogens is 418 g/mol. The topological polar surface area (TPSA) is 66.4 Å². The molecule has 4 nitrogen and oxygen atoms in total. The van der Waals surface area contributed by atoms with Gasteiger partial charge < -0.3 is 10.4 Å². The van der Waals surface area contributed by atoms with E-state index in [0.717, 1.165) is 22.3 Å². The smallest absolute Gasteiger partial charge is 0.327 e. The number of rotatable bonds is 9. The van der Waals surface area contributed by atoms with Crippen molar-refractivity contribution >= 4 is 23.6 Å². The number of aliphatic carboxylic acids is 1. The van der Waals surface area contributed by atoms with Gasteiger partial charge in [-0.05, 0) is 30.5 Å². The van der Waals surface area contributed by atoms with E-state index in [4.69, 9.17) is 0 Å². The molecule has 0 aliphatic heterocycles. The monoisotopic (exact) mass is 445 g/mol. The summed E-state index contributed by atoms with van der Waals surface area (Å²) >= 11 is 1.51. The van der Waals surface area contributed by atoms with Crippen LogP contribution in [-0.4, -0.2) is 28.8 Å². The van der Waals surface area contributed by atoms with Gasteiger partial charge in [-0.3, -0.25) is 4.79 Å². The first kappa shape index (κ1) is 23.4. The summed E-state index contributed by atoms with van der Waals surface area (Å²) in [4.78, 5) is 24.2. The molecule has 0 radical (unpaired) electrons. The number of allylic oxidation sites excluding steroid dienone is 1. The van der Waals surface area contributed by atoms with Crippen LogP contribution in [-0.2, 0) is 14.3 Å². The molecule has 0 aromatic heterocycles. The highest BCUT2D eigenvalue weighted by atomic mass is 32.2. The van der Waals surface area contributed by atoms with Gasteiger partial charge in [-0.1, -0.05) is 96.6 Å². The molecule has 164 valence electrons. The number of carboxylic acids is 1. The third-order valence-corrected chi connectivity index (χ3v) is 6.68. The molecule has 0 fully saturated rings. The lowest BCUT2D eigenvalue weighted by molar-refractivity contribution is -0.140. The highest BCUT2D eigenvalue weighted by Crippen LogP contribution is 2.48. The van der Waals surface area contributed by atoms with Crippen LogP contribution < -0.4 is 5.32 Å². The third kappa shape index (κ3) is 5.48. The predicted octanol–water partition coefficient (Wildman–Crippen LogP) is 5.25. The molecule has 32 heavy (non-hydrogen) atoms. The van der Waals surface area contributed by atoms with Gasteiger partial charge in [0.1, 0.15) is 6.04 Å². The fraction of sp³-hybridized carbons (Fsp3) is 0.185. The summed E-state index contributed by atoms with van der Waals surface area (Å²) in [6.45, 7) is 3.60. The molecule has 3 aromatic carbocycles. The Morgan fingerprint density at radius 1 is 0.844 bits per heavy atom. The van der Waals surface area contributed by atoms with Crippen LogP contribution in [0.5, 0.6) is 0 Å². The minimum Gasteiger partial charge on any atom is -0.480 e.